The van der Waals surface area contributed by atoms with E-state index < -0.39 is 29.2 Å². The van der Waals surface area contributed by atoms with Gasteiger partial charge in [0.2, 0.25) is 0 Å². The minimum Gasteiger partial charge on any atom is -0.444 e. The van der Waals surface area contributed by atoms with Crippen molar-refractivity contribution in [1.29, 1.82) is 0 Å². The fraction of sp³-hybridized carbons (Fsp3) is 0.600. The molecule has 2 rings (SSSR count). The molecule has 1 aliphatic carbocycles. The van der Waals surface area contributed by atoms with E-state index in [1.54, 1.807) is 19.1 Å². The first-order valence-corrected chi connectivity index (χ1v) is 9.51. The van der Waals surface area contributed by atoms with Gasteiger partial charge in [0.1, 0.15) is 11.6 Å². The fourth-order valence-corrected chi connectivity index (χ4v) is 3.68. The van der Waals surface area contributed by atoms with Gasteiger partial charge in [-0.05, 0) is 78.1 Å². The molecule has 0 aromatic carbocycles. The second kappa shape index (κ2) is 8.58. The average molecular weight is 390 g/mol. The SMILES string of the molecule is C=NC(=O)C(C1CCC(NC(=O)OC(C)(C)C)CC1)n1c(C)ccc(N)c1=O. The van der Waals surface area contributed by atoms with E-state index in [0.29, 0.717) is 31.4 Å². The number of amides is 2. The van der Waals surface area contributed by atoms with Gasteiger partial charge in [-0.2, -0.15) is 0 Å². The van der Waals surface area contributed by atoms with E-state index in [0.717, 1.165) is 0 Å². The Hall–Kier alpha value is -2.64. The van der Waals surface area contributed by atoms with Crippen LogP contribution in [-0.4, -0.2) is 34.9 Å². The zero-order valence-electron chi connectivity index (χ0n) is 17.0. The number of pyridine rings is 1. The number of hydrogen-bond acceptors (Lipinski definition) is 5. The van der Waals surface area contributed by atoms with Crippen LogP contribution in [-0.2, 0) is 9.53 Å². The molecule has 154 valence electrons. The fourth-order valence-electron chi connectivity index (χ4n) is 3.68. The number of anilines is 1. The average Bonchev–Trinajstić information content (AvgIpc) is 2.60. The molecule has 8 heteroatoms. The third-order valence-corrected chi connectivity index (χ3v) is 4.98. The van der Waals surface area contributed by atoms with Crippen LogP contribution in [0.25, 0.3) is 0 Å². The van der Waals surface area contributed by atoms with Crippen molar-refractivity contribution in [1.82, 2.24) is 9.88 Å². The lowest BCUT2D eigenvalue weighted by Gasteiger charge is -2.34. The van der Waals surface area contributed by atoms with Gasteiger partial charge in [-0.1, -0.05) is 0 Å². The summed E-state index contributed by atoms with van der Waals surface area (Å²) in [6.07, 6.45) is 2.24. The molecule has 1 aliphatic rings. The molecule has 2 amide bonds. The minimum absolute atomic E-state index is 0.0304. The van der Waals surface area contributed by atoms with E-state index in [2.05, 4.69) is 17.0 Å². The van der Waals surface area contributed by atoms with Crippen molar-refractivity contribution in [3.8, 4) is 0 Å². The molecule has 0 saturated heterocycles. The Morgan fingerprint density at radius 1 is 1.29 bits per heavy atom. The van der Waals surface area contributed by atoms with E-state index in [9.17, 15) is 14.4 Å². The van der Waals surface area contributed by atoms with Crippen LogP contribution in [0, 0.1) is 12.8 Å². The normalized spacial score (nSPS) is 20.9. The highest BCUT2D eigenvalue weighted by atomic mass is 16.6. The summed E-state index contributed by atoms with van der Waals surface area (Å²) in [7, 11) is 0. The molecule has 0 aliphatic heterocycles. The van der Waals surface area contributed by atoms with Crippen LogP contribution >= 0.6 is 0 Å². The molecule has 0 radical (unpaired) electrons. The number of alkyl carbamates (subject to hydrolysis) is 1. The largest absolute Gasteiger partial charge is 0.444 e. The summed E-state index contributed by atoms with van der Waals surface area (Å²) in [5.74, 6) is -0.535. The van der Waals surface area contributed by atoms with Crippen LogP contribution < -0.4 is 16.6 Å². The van der Waals surface area contributed by atoms with Gasteiger partial charge in [0.15, 0.2) is 0 Å². The summed E-state index contributed by atoms with van der Waals surface area (Å²) in [4.78, 5) is 40.7. The molecular formula is C20H30N4O4. The number of carbonyl (C=O) groups is 2. The van der Waals surface area contributed by atoms with Crippen LogP contribution in [0.5, 0.6) is 0 Å². The standard InChI is InChI=1S/C20H30N4O4/c1-12-6-11-15(21)18(26)24(12)16(17(25)22-5)13-7-9-14(10-8-13)23-19(27)28-20(2,3)4/h6,11,13-14,16H,5,7-10,21H2,1-4H3,(H,23,27). The Kier molecular flexibility index (Phi) is 6.64. The summed E-state index contributed by atoms with van der Waals surface area (Å²) in [6.45, 7) is 10.6. The molecule has 0 spiro atoms. The molecule has 1 fully saturated rings. The number of aliphatic imine (C=N–C) groups is 1. The number of nitrogens with zero attached hydrogens (tertiary/aromatic N) is 2. The highest BCUT2D eigenvalue weighted by Crippen LogP contribution is 2.34. The number of aromatic nitrogens is 1. The van der Waals surface area contributed by atoms with Gasteiger partial charge in [-0.15, -0.1) is 0 Å². The first-order valence-electron chi connectivity index (χ1n) is 9.51. The quantitative estimate of drug-likeness (QED) is 0.767. The van der Waals surface area contributed by atoms with Crippen molar-refractivity contribution in [2.24, 2.45) is 10.9 Å². The zero-order chi connectivity index (χ0) is 21.1. The zero-order valence-corrected chi connectivity index (χ0v) is 17.0. The number of hydrogen-bond donors (Lipinski definition) is 2. The van der Waals surface area contributed by atoms with E-state index in [1.807, 2.05) is 20.8 Å². The molecule has 1 saturated carbocycles. The van der Waals surface area contributed by atoms with Crippen molar-refractivity contribution < 1.29 is 14.3 Å². The summed E-state index contributed by atoms with van der Waals surface area (Å²) in [5, 5.41) is 2.88. The number of nitrogen functional groups attached to an aromatic ring is 1. The number of carbonyl (C=O) groups excluding carboxylic acids is 2. The van der Waals surface area contributed by atoms with Crippen molar-refractivity contribution in [2.45, 2.75) is 71.1 Å². The smallest absolute Gasteiger partial charge is 0.407 e. The Labute approximate surface area is 165 Å². The summed E-state index contributed by atoms with van der Waals surface area (Å²) < 4.78 is 6.73. The molecule has 3 N–H and O–H groups in total. The van der Waals surface area contributed by atoms with Crippen molar-refractivity contribution in [2.75, 3.05) is 5.73 Å². The second-order valence-electron chi connectivity index (χ2n) is 8.30. The number of ether oxygens (including phenoxy) is 1. The van der Waals surface area contributed by atoms with E-state index in [4.69, 9.17) is 10.5 Å². The molecular weight excluding hydrogens is 360 g/mol. The summed E-state index contributed by atoms with van der Waals surface area (Å²) >= 11 is 0. The Morgan fingerprint density at radius 3 is 2.43 bits per heavy atom. The van der Waals surface area contributed by atoms with Gasteiger partial charge in [0.05, 0.1) is 5.69 Å². The second-order valence-corrected chi connectivity index (χ2v) is 8.30. The van der Waals surface area contributed by atoms with Crippen molar-refractivity contribution >= 4 is 24.4 Å². The molecule has 1 heterocycles. The third kappa shape index (κ3) is 5.21. The molecule has 8 nitrogen and oxygen atoms in total. The first-order chi connectivity index (χ1) is 13.0. The maximum atomic E-state index is 12.6. The van der Waals surface area contributed by atoms with E-state index >= 15 is 0 Å². The van der Waals surface area contributed by atoms with E-state index in [1.165, 1.54) is 4.57 Å². The Balaban J connectivity index is 2.14. The van der Waals surface area contributed by atoms with Gasteiger partial charge in [-0.25, -0.2) is 9.79 Å². The third-order valence-electron chi connectivity index (χ3n) is 4.98. The lowest BCUT2D eigenvalue weighted by atomic mass is 9.81. The number of nitrogens with two attached hydrogens (primary N) is 1. The number of rotatable bonds is 4. The van der Waals surface area contributed by atoms with Crippen molar-refractivity contribution in [3.63, 3.8) is 0 Å². The predicted octanol–water partition coefficient (Wildman–Crippen LogP) is 2.59. The molecule has 1 aromatic rings. The lowest BCUT2D eigenvalue weighted by Crippen LogP contribution is -2.43. The summed E-state index contributed by atoms with van der Waals surface area (Å²) in [6, 6.07) is 2.49. The number of nitrogens with one attached hydrogen (secondary N) is 1. The highest BCUT2D eigenvalue weighted by molar-refractivity contribution is 5.84. The predicted molar refractivity (Wildman–Crippen MR) is 109 cm³/mol. The van der Waals surface area contributed by atoms with Gasteiger partial charge in [0.25, 0.3) is 11.5 Å². The van der Waals surface area contributed by atoms with Crippen LogP contribution in [0.15, 0.2) is 21.9 Å². The molecule has 28 heavy (non-hydrogen) atoms. The maximum Gasteiger partial charge on any atom is 0.407 e. The van der Waals surface area contributed by atoms with Crippen molar-refractivity contribution in [3.05, 3.63) is 28.2 Å². The Bertz CT molecular complexity index is 801. The monoisotopic (exact) mass is 390 g/mol. The van der Waals surface area contributed by atoms with Crippen LogP contribution in [0.1, 0.15) is 58.2 Å². The topological polar surface area (TPSA) is 116 Å². The van der Waals surface area contributed by atoms with Crippen LogP contribution in [0.2, 0.25) is 0 Å². The molecule has 1 unspecified atom stereocenters. The maximum absolute atomic E-state index is 12.6. The molecule has 1 atom stereocenters. The Morgan fingerprint density at radius 2 is 1.89 bits per heavy atom. The van der Waals surface area contributed by atoms with Gasteiger partial charge >= 0.3 is 6.09 Å². The minimum atomic E-state index is -0.740. The highest BCUT2D eigenvalue weighted by Gasteiger charge is 2.35. The summed E-state index contributed by atoms with van der Waals surface area (Å²) in [5.41, 5.74) is 5.56. The van der Waals surface area contributed by atoms with Crippen LogP contribution in [0.4, 0.5) is 10.5 Å². The van der Waals surface area contributed by atoms with Gasteiger partial charge in [-0.3, -0.25) is 14.2 Å². The van der Waals surface area contributed by atoms with Gasteiger partial charge < -0.3 is 15.8 Å². The van der Waals surface area contributed by atoms with E-state index in [-0.39, 0.29) is 17.6 Å². The van der Waals surface area contributed by atoms with Gasteiger partial charge in [0, 0.05) is 11.7 Å². The molecule has 1 aromatic heterocycles. The number of aryl methyl sites for hydroxylation is 1. The lowest BCUT2D eigenvalue weighted by molar-refractivity contribution is -0.123. The van der Waals surface area contributed by atoms with Crippen LogP contribution in [0.3, 0.4) is 0 Å². The first kappa shape index (κ1) is 21.7. The molecule has 0 bridgehead atoms.